The van der Waals surface area contributed by atoms with E-state index < -0.39 is 0 Å². The van der Waals surface area contributed by atoms with Gasteiger partial charge in [0.25, 0.3) is 0 Å². The third kappa shape index (κ3) is 5.66. The van der Waals surface area contributed by atoms with Crippen molar-refractivity contribution in [1.82, 2.24) is 20.0 Å². The Kier molecular flexibility index (Phi) is 7.70. The van der Waals surface area contributed by atoms with Gasteiger partial charge in [-0.05, 0) is 76.6 Å². The molecule has 0 unspecified atom stereocenters. The molecule has 2 heterocycles. The van der Waals surface area contributed by atoms with Crippen LogP contribution in [0.15, 0.2) is 0 Å². The second kappa shape index (κ2) is 9.21. The van der Waals surface area contributed by atoms with Crippen LogP contribution in [-0.2, 0) is 4.84 Å². The third-order valence-corrected chi connectivity index (χ3v) is 5.35. The Morgan fingerprint density at radius 1 is 1.00 bits per heavy atom. The second-order valence-electron chi connectivity index (χ2n) is 8.53. The minimum Gasteiger partial charge on any atom is -0.338 e. The molecule has 1 aromatic rings. The Morgan fingerprint density at radius 2 is 1.56 bits per heavy atom. The maximum Gasteiger partial charge on any atom is 0.231 e. The molecule has 1 aromatic heterocycles. The average Bonchev–Trinajstić information content (AvgIpc) is 2.52. The molecule has 1 fully saturated rings. The summed E-state index contributed by atoms with van der Waals surface area (Å²) in [6.45, 7) is 14.9. The summed E-state index contributed by atoms with van der Waals surface area (Å²) in [4.78, 5) is 21.0. The van der Waals surface area contributed by atoms with E-state index >= 15 is 0 Å². The van der Waals surface area contributed by atoms with Crippen LogP contribution in [0.5, 0.6) is 0 Å². The van der Waals surface area contributed by atoms with E-state index in [2.05, 4.69) is 66.5 Å². The standard InChI is InChI=1S/C19H33Cl2N5O/c1-7-9-10-25(17-23-15(20)22-16(21)24-17)14-12-18(3,4)26(27-11-8-2)19(5,6)13-14/h14H,7-13H2,1-6H3. The molecular formula is C19H33Cl2N5O. The molecule has 6 nitrogen and oxygen atoms in total. The van der Waals surface area contributed by atoms with E-state index in [1.807, 2.05) is 0 Å². The van der Waals surface area contributed by atoms with Crippen LogP contribution in [0.25, 0.3) is 0 Å². The van der Waals surface area contributed by atoms with Crippen LogP contribution in [-0.4, -0.2) is 50.3 Å². The summed E-state index contributed by atoms with van der Waals surface area (Å²) >= 11 is 12.1. The van der Waals surface area contributed by atoms with Gasteiger partial charge < -0.3 is 4.90 Å². The first-order valence-electron chi connectivity index (χ1n) is 9.87. The van der Waals surface area contributed by atoms with Gasteiger partial charge >= 0.3 is 0 Å². The topological polar surface area (TPSA) is 54.4 Å². The van der Waals surface area contributed by atoms with E-state index in [4.69, 9.17) is 28.0 Å². The van der Waals surface area contributed by atoms with Gasteiger partial charge in [-0.2, -0.15) is 20.0 Å². The molecule has 2 rings (SSSR count). The van der Waals surface area contributed by atoms with Crippen LogP contribution >= 0.6 is 23.2 Å². The molecule has 0 bridgehead atoms. The number of aromatic nitrogens is 3. The quantitative estimate of drug-likeness (QED) is 0.582. The number of unbranched alkanes of at least 4 members (excludes halogenated alkanes) is 1. The lowest BCUT2D eigenvalue weighted by Gasteiger charge is -2.55. The van der Waals surface area contributed by atoms with Crippen LogP contribution in [0.4, 0.5) is 5.95 Å². The molecule has 0 spiro atoms. The lowest BCUT2D eigenvalue weighted by molar-refractivity contribution is -0.282. The Balaban J connectivity index is 2.33. The molecule has 0 N–H and O–H groups in total. The van der Waals surface area contributed by atoms with Crippen molar-refractivity contribution in [2.45, 2.75) is 90.8 Å². The predicted molar refractivity (Wildman–Crippen MR) is 111 cm³/mol. The lowest BCUT2D eigenvalue weighted by atomic mass is 9.78. The summed E-state index contributed by atoms with van der Waals surface area (Å²) in [6, 6.07) is 0.262. The normalized spacial score (nSPS) is 20.0. The summed E-state index contributed by atoms with van der Waals surface area (Å²) < 4.78 is 0. The minimum absolute atomic E-state index is 0.118. The number of halogens is 2. The van der Waals surface area contributed by atoms with Gasteiger partial charge in [0.15, 0.2) is 0 Å². The first kappa shape index (κ1) is 22.6. The zero-order chi connectivity index (χ0) is 20.2. The molecule has 1 aliphatic heterocycles. The third-order valence-electron chi connectivity index (χ3n) is 5.01. The van der Waals surface area contributed by atoms with Crippen LogP contribution in [0.2, 0.25) is 10.6 Å². The molecule has 0 radical (unpaired) electrons. The van der Waals surface area contributed by atoms with Gasteiger partial charge in [0.05, 0.1) is 6.61 Å². The van der Waals surface area contributed by atoms with Crippen molar-refractivity contribution >= 4 is 29.2 Å². The van der Waals surface area contributed by atoms with Gasteiger partial charge in [0.2, 0.25) is 16.5 Å². The molecular weight excluding hydrogens is 385 g/mol. The highest BCUT2D eigenvalue weighted by Gasteiger charge is 2.48. The summed E-state index contributed by atoms with van der Waals surface area (Å²) in [7, 11) is 0. The van der Waals surface area contributed by atoms with Crippen molar-refractivity contribution in [3.8, 4) is 0 Å². The van der Waals surface area contributed by atoms with Crippen molar-refractivity contribution in [2.75, 3.05) is 18.1 Å². The predicted octanol–water partition coefficient (Wildman–Crippen LogP) is 5.15. The van der Waals surface area contributed by atoms with E-state index in [0.29, 0.717) is 5.95 Å². The zero-order valence-electron chi connectivity index (χ0n) is 17.4. The number of hydroxylamine groups is 2. The first-order chi connectivity index (χ1) is 12.6. The second-order valence-corrected chi connectivity index (χ2v) is 9.21. The van der Waals surface area contributed by atoms with Crippen LogP contribution in [0, 0.1) is 0 Å². The Morgan fingerprint density at radius 3 is 2.04 bits per heavy atom. The number of piperidine rings is 1. The van der Waals surface area contributed by atoms with Crippen LogP contribution in [0.1, 0.15) is 73.6 Å². The summed E-state index contributed by atoms with van der Waals surface area (Å²) in [5.41, 5.74) is -0.237. The van der Waals surface area contributed by atoms with Gasteiger partial charge in [0, 0.05) is 23.7 Å². The summed E-state index contributed by atoms with van der Waals surface area (Å²) in [5, 5.41) is 2.45. The first-order valence-corrected chi connectivity index (χ1v) is 10.6. The Bertz CT molecular complexity index is 588. The van der Waals surface area contributed by atoms with Gasteiger partial charge in [-0.1, -0.05) is 20.3 Å². The molecule has 27 heavy (non-hydrogen) atoms. The Hall–Kier alpha value is -0.690. The number of nitrogens with zero attached hydrogens (tertiary/aromatic N) is 5. The fraction of sp³-hybridized carbons (Fsp3) is 0.842. The van der Waals surface area contributed by atoms with Gasteiger partial charge in [-0.15, -0.1) is 0 Å². The number of rotatable bonds is 8. The maximum atomic E-state index is 6.15. The van der Waals surface area contributed by atoms with Crippen molar-refractivity contribution in [2.24, 2.45) is 0 Å². The molecule has 0 aromatic carbocycles. The monoisotopic (exact) mass is 417 g/mol. The van der Waals surface area contributed by atoms with Crippen LogP contribution < -0.4 is 4.90 Å². The van der Waals surface area contributed by atoms with E-state index in [0.717, 1.165) is 45.3 Å². The van der Waals surface area contributed by atoms with E-state index in [-0.39, 0.29) is 27.7 Å². The minimum atomic E-state index is -0.118. The van der Waals surface area contributed by atoms with Crippen molar-refractivity contribution < 1.29 is 4.84 Å². The zero-order valence-corrected chi connectivity index (χ0v) is 18.9. The molecule has 0 atom stereocenters. The highest BCUT2D eigenvalue weighted by Crippen LogP contribution is 2.41. The fourth-order valence-corrected chi connectivity index (χ4v) is 4.54. The van der Waals surface area contributed by atoms with E-state index in [1.165, 1.54) is 0 Å². The molecule has 154 valence electrons. The SMILES string of the molecule is CCCCN(c1nc(Cl)nc(Cl)n1)C1CC(C)(C)N(OCCC)C(C)(C)C1. The molecule has 0 aliphatic carbocycles. The van der Waals surface area contributed by atoms with Crippen molar-refractivity contribution in [3.63, 3.8) is 0 Å². The van der Waals surface area contributed by atoms with Gasteiger partial charge in [-0.3, -0.25) is 4.84 Å². The van der Waals surface area contributed by atoms with Gasteiger partial charge in [-0.25, -0.2) is 0 Å². The number of hydrogen-bond donors (Lipinski definition) is 0. The van der Waals surface area contributed by atoms with Crippen molar-refractivity contribution in [1.29, 1.82) is 0 Å². The number of hydrogen-bond acceptors (Lipinski definition) is 6. The highest BCUT2D eigenvalue weighted by atomic mass is 35.5. The maximum absolute atomic E-state index is 6.15. The van der Waals surface area contributed by atoms with Crippen molar-refractivity contribution in [3.05, 3.63) is 10.6 Å². The molecule has 1 saturated heterocycles. The summed E-state index contributed by atoms with van der Waals surface area (Å²) in [6.07, 6.45) is 5.01. The average molecular weight is 418 g/mol. The smallest absolute Gasteiger partial charge is 0.231 e. The number of anilines is 1. The molecule has 0 amide bonds. The molecule has 1 aliphatic rings. The van der Waals surface area contributed by atoms with E-state index in [1.54, 1.807) is 0 Å². The fourth-order valence-electron chi connectivity index (χ4n) is 4.18. The molecule has 8 heteroatoms. The largest absolute Gasteiger partial charge is 0.338 e. The summed E-state index contributed by atoms with van der Waals surface area (Å²) in [5.74, 6) is 0.563. The highest BCUT2D eigenvalue weighted by molar-refractivity contribution is 6.31. The lowest BCUT2D eigenvalue weighted by Crippen LogP contribution is -2.64. The van der Waals surface area contributed by atoms with Crippen LogP contribution in [0.3, 0.4) is 0 Å². The Labute approximate surface area is 173 Å². The molecule has 0 saturated carbocycles. The van der Waals surface area contributed by atoms with E-state index in [9.17, 15) is 0 Å². The van der Waals surface area contributed by atoms with Gasteiger partial charge in [0.1, 0.15) is 0 Å².